The molecule has 0 aliphatic carbocycles. The van der Waals surface area contributed by atoms with Crippen molar-refractivity contribution in [2.45, 2.75) is 33.7 Å². The predicted molar refractivity (Wildman–Crippen MR) is 90.2 cm³/mol. The number of hydrogen-bond donors (Lipinski definition) is 1. The summed E-state index contributed by atoms with van der Waals surface area (Å²) < 4.78 is 11.5. The molecule has 0 bridgehead atoms. The van der Waals surface area contributed by atoms with Crippen LogP contribution in [0.5, 0.6) is 0 Å². The minimum absolute atomic E-state index is 0.639. The molecular formula is C16H27N3OS. The molecule has 0 spiro atoms. The summed E-state index contributed by atoms with van der Waals surface area (Å²) in [6, 6.07) is 4.37. The van der Waals surface area contributed by atoms with Gasteiger partial charge in [0.05, 0.1) is 0 Å². The van der Waals surface area contributed by atoms with Crippen LogP contribution in [-0.4, -0.2) is 40.3 Å². The van der Waals surface area contributed by atoms with Crippen molar-refractivity contribution in [3.63, 3.8) is 0 Å². The number of pyridine rings is 1. The monoisotopic (exact) mass is 309 g/mol. The second kappa shape index (κ2) is 7.90. The lowest BCUT2D eigenvalue weighted by Gasteiger charge is -2.28. The Morgan fingerprint density at radius 3 is 2.67 bits per heavy atom. The van der Waals surface area contributed by atoms with Gasteiger partial charge in [0, 0.05) is 47.6 Å². The van der Waals surface area contributed by atoms with E-state index in [4.69, 9.17) is 4.98 Å². The zero-order valence-corrected chi connectivity index (χ0v) is 14.2. The number of nitrogens with zero attached hydrogens (tertiary/aromatic N) is 2. The van der Waals surface area contributed by atoms with Crippen LogP contribution >= 0.6 is 0 Å². The minimum Gasteiger partial charge on any atom is -0.355 e. The number of hydrogen-bond acceptors (Lipinski definition) is 4. The van der Waals surface area contributed by atoms with Crippen LogP contribution in [0.25, 0.3) is 0 Å². The molecule has 2 rings (SSSR count). The molecule has 2 heterocycles. The quantitative estimate of drug-likeness (QED) is 0.872. The van der Waals surface area contributed by atoms with Gasteiger partial charge in [-0.3, -0.25) is 4.21 Å². The van der Waals surface area contributed by atoms with Crippen molar-refractivity contribution in [3.05, 3.63) is 23.4 Å². The highest BCUT2D eigenvalue weighted by molar-refractivity contribution is 7.85. The standard InChI is InChI=1S/C16H27N3OS/c1-4-15-9-14(12-17-11-13(2)3)10-16(18-15)19-5-7-21(20)8-6-19/h9-10,13,17H,4-8,11-12H2,1-3H3. The molecule has 0 atom stereocenters. The van der Waals surface area contributed by atoms with E-state index in [0.717, 1.165) is 55.6 Å². The average Bonchev–Trinajstić information content (AvgIpc) is 2.47. The zero-order valence-electron chi connectivity index (χ0n) is 13.4. The molecular weight excluding hydrogens is 282 g/mol. The summed E-state index contributed by atoms with van der Waals surface area (Å²) in [6.07, 6.45) is 0.949. The first-order valence-corrected chi connectivity index (χ1v) is 9.37. The Hall–Kier alpha value is -0.940. The van der Waals surface area contributed by atoms with Crippen molar-refractivity contribution in [1.82, 2.24) is 10.3 Å². The highest BCUT2D eigenvalue weighted by Gasteiger charge is 2.17. The van der Waals surface area contributed by atoms with Crippen molar-refractivity contribution in [3.8, 4) is 0 Å². The van der Waals surface area contributed by atoms with Crippen molar-refractivity contribution in [2.24, 2.45) is 5.92 Å². The van der Waals surface area contributed by atoms with E-state index in [0.29, 0.717) is 5.92 Å². The SMILES string of the molecule is CCc1cc(CNCC(C)C)cc(N2CCS(=O)CC2)n1. The third-order valence-corrected chi connectivity index (χ3v) is 4.95. The molecule has 1 aliphatic heterocycles. The van der Waals surface area contributed by atoms with E-state index < -0.39 is 10.8 Å². The Labute approximate surface area is 130 Å². The summed E-state index contributed by atoms with van der Waals surface area (Å²) in [5.41, 5.74) is 2.43. The Morgan fingerprint density at radius 1 is 1.33 bits per heavy atom. The second-order valence-corrected chi connectivity index (χ2v) is 7.73. The number of rotatable bonds is 6. The molecule has 0 radical (unpaired) electrons. The fourth-order valence-corrected chi connectivity index (χ4v) is 3.50. The van der Waals surface area contributed by atoms with Gasteiger partial charge in [-0.15, -0.1) is 0 Å². The van der Waals surface area contributed by atoms with Gasteiger partial charge in [-0.2, -0.15) is 0 Å². The summed E-state index contributed by atoms with van der Waals surface area (Å²) in [6.45, 7) is 10.2. The van der Waals surface area contributed by atoms with Gasteiger partial charge in [-0.1, -0.05) is 20.8 Å². The van der Waals surface area contributed by atoms with Crippen LogP contribution in [0.3, 0.4) is 0 Å². The Morgan fingerprint density at radius 2 is 2.05 bits per heavy atom. The van der Waals surface area contributed by atoms with Gasteiger partial charge in [-0.05, 0) is 36.6 Å². The Balaban J connectivity index is 2.07. The molecule has 1 aliphatic rings. The second-order valence-electron chi connectivity index (χ2n) is 6.04. The third-order valence-electron chi connectivity index (χ3n) is 3.67. The number of aromatic nitrogens is 1. The summed E-state index contributed by atoms with van der Waals surface area (Å²) in [5.74, 6) is 3.24. The molecule has 1 N–H and O–H groups in total. The van der Waals surface area contributed by atoms with Crippen molar-refractivity contribution in [1.29, 1.82) is 0 Å². The van der Waals surface area contributed by atoms with Crippen LogP contribution < -0.4 is 10.2 Å². The molecule has 1 aromatic heterocycles. The molecule has 4 nitrogen and oxygen atoms in total. The van der Waals surface area contributed by atoms with E-state index in [-0.39, 0.29) is 0 Å². The topological polar surface area (TPSA) is 45.2 Å². The van der Waals surface area contributed by atoms with Gasteiger partial charge in [0.2, 0.25) is 0 Å². The van der Waals surface area contributed by atoms with Crippen molar-refractivity contribution >= 4 is 16.6 Å². The average molecular weight is 309 g/mol. The molecule has 1 aromatic rings. The van der Waals surface area contributed by atoms with Gasteiger partial charge in [0.15, 0.2) is 0 Å². The Kier molecular flexibility index (Phi) is 6.18. The van der Waals surface area contributed by atoms with E-state index in [9.17, 15) is 4.21 Å². The summed E-state index contributed by atoms with van der Waals surface area (Å²) >= 11 is 0. The van der Waals surface area contributed by atoms with Gasteiger partial charge in [0.25, 0.3) is 0 Å². The van der Waals surface area contributed by atoms with Gasteiger partial charge in [-0.25, -0.2) is 4.98 Å². The maximum Gasteiger partial charge on any atom is 0.129 e. The molecule has 1 fully saturated rings. The van der Waals surface area contributed by atoms with E-state index in [2.05, 4.69) is 43.1 Å². The van der Waals surface area contributed by atoms with E-state index in [1.165, 1.54) is 5.56 Å². The lowest BCUT2D eigenvalue weighted by atomic mass is 10.1. The molecule has 0 aromatic carbocycles. The van der Waals surface area contributed by atoms with Gasteiger partial charge in [0.1, 0.15) is 5.82 Å². The summed E-state index contributed by atoms with van der Waals surface area (Å²) in [4.78, 5) is 7.01. The number of aryl methyl sites for hydroxylation is 1. The van der Waals surface area contributed by atoms with E-state index in [1.807, 2.05) is 0 Å². The van der Waals surface area contributed by atoms with Crippen LogP contribution in [0.4, 0.5) is 5.82 Å². The van der Waals surface area contributed by atoms with E-state index in [1.54, 1.807) is 0 Å². The molecule has 0 unspecified atom stereocenters. The van der Waals surface area contributed by atoms with Crippen molar-refractivity contribution < 1.29 is 4.21 Å². The highest BCUT2D eigenvalue weighted by Crippen LogP contribution is 2.17. The number of anilines is 1. The minimum atomic E-state index is -0.639. The molecule has 118 valence electrons. The number of nitrogens with one attached hydrogen (secondary N) is 1. The molecule has 0 amide bonds. The first-order chi connectivity index (χ1) is 10.1. The summed E-state index contributed by atoms with van der Waals surface area (Å²) in [5, 5.41) is 3.49. The van der Waals surface area contributed by atoms with Crippen LogP contribution in [0.1, 0.15) is 32.0 Å². The zero-order chi connectivity index (χ0) is 15.2. The fourth-order valence-electron chi connectivity index (χ4n) is 2.45. The molecule has 21 heavy (non-hydrogen) atoms. The van der Waals surface area contributed by atoms with Crippen LogP contribution in [0.15, 0.2) is 12.1 Å². The molecule has 5 heteroatoms. The van der Waals surface area contributed by atoms with Gasteiger partial charge >= 0.3 is 0 Å². The Bertz CT molecular complexity index is 480. The van der Waals surface area contributed by atoms with Crippen LogP contribution in [-0.2, 0) is 23.8 Å². The van der Waals surface area contributed by atoms with Crippen LogP contribution in [0, 0.1) is 5.92 Å². The van der Waals surface area contributed by atoms with Gasteiger partial charge < -0.3 is 10.2 Å². The fraction of sp³-hybridized carbons (Fsp3) is 0.688. The smallest absolute Gasteiger partial charge is 0.129 e. The van der Waals surface area contributed by atoms with Crippen molar-refractivity contribution in [2.75, 3.05) is 36.0 Å². The summed E-state index contributed by atoms with van der Waals surface area (Å²) in [7, 11) is -0.639. The van der Waals surface area contributed by atoms with Crippen LogP contribution in [0.2, 0.25) is 0 Å². The molecule has 0 saturated carbocycles. The highest BCUT2D eigenvalue weighted by atomic mass is 32.2. The first kappa shape index (κ1) is 16.4. The third kappa shape index (κ3) is 5.08. The maximum atomic E-state index is 11.5. The first-order valence-electron chi connectivity index (χ1n) is 7.89. The normalized spacial score (nSPS) is 16.7. The largest absolute Gasteiger partial charge is 0.355 e. The lowest BCUT2D eigenvalue weighted by Crippen LogP contribution is -2.38. The molecule has 1 saturated heterocycles. The van der Waals surface area contributed by atoms with E-state index >= 15 is 0 Å². The maximum absolute atomic E-state index is 11.5. The predicted octanol–water partition coefficient (Wildman–Crippen LogP) is 1.96. The lowest BCUT2D eigenvalue weighted by molar-refractivity contribution is 0.552.